The molecule has 8 heteroatoms. The van der Waals surface area contributed by atoms with Crippen LogP contribution >= 0.6 is 0 Å². The van der Waals surface area contributed by atoms with Gasteiger partial charge in [-0.15, -0.1) is 0 Å². The van der Waals surface area contributed by atoms with E-state index in [0.29, 0.717) is 5.56 Å². The summed E-state index contributed by atoms with van der Waals surface area (Å²) in [6.07, 6.45) is 0. The van der Waals surface area contributed by atoms with Crippen LogP contribution < -0.4 is 10.6 Å². The van der Waals surface area contributed by atoms with Gasteiger partial charge in [0.05, 0.1) is 11.5 Å². The first-order valence-electron chi connectivity index (χ1n) is 5.83. The molecule has 2 amide bonds. The fourth-order valence-corrected chi connectivity index (χ4v) is 1.49. The van der Waals surface area contributed by atoms with Gasteiger partial charge in [-0.1, -0.05) is 12.1 Å². The molecule has 1 aromatic rings. The zero-order valence-electron chi connectivity index (χ0n) is 10.8. The number of nitrogens with zero attached hydrogens (tertiary/aromatic N) is 1. The van der Waals surface area contributed by atoms with Crippen LogP contribution in [0.3, 0.4) is 0 Å². The van der Waals surface area contributed by atoms with Crippen molar-refractivity contribution in [2.24, 2.45) is 0 Å². The summed E-state index contributed by atoms with van der Waals surface area (Å²) < 4.78 is 0. The van der Waals surface area contributed by atoms with Crippen molar-refractivity contribution in [1.29, 1.82) is 0 Å². The van der Waals surface area contributed by atoms with Crippen LogP contribution in [0.5, 0.6) is 0 Å². The molecule has 8 nitrogen and oxygen atoms in total. The Morgan fingerprint density at radius 3 is 2.40 bits per heavy atom. The second kappa shape index (κ2) is 7.19. The van der Waals surface area contributed by atoms with E-state index >= 15 is 0 Å². The van der Waals surface area contributed by atoms with Crippen molar-refractivity contribution in [1.82, 2.24) is 10.6 Å². The molecule has 0 radical (unpaired) electrons. The van der Waals surface area contributed by atoms with Gasteiger partial charge in [-0.3, -0.25) is 19.7 Å². The van der Waals surface area contributed by atoms with Gasteiger partial charge in [-0.25, -0.2) is 0 Å². The Kier molecular flexibility index (Phi) is 5.60. The molecule has 0 unspecified atom stereocenters. The second-order valence-corrected chi connectivity index (χ2v) is 4.08. The van der Waals surface area contributed by atoms with E-state index in [1.807, 2.05) is 0 Å². The Balaban J connectivity index is 2.55. The second-order valence-electron chi connectivity index (χ2n) is 4.08. The highest BCUT2D eigenvalue weighted by atomic mass is 16.6. The highest BCUT2D eigenvalue weighted by Gasteiger charge is 2.17. The molecule has 0 saturated carbocycles. The van der Waals surface area contributed by atoms with Crippen LogP contribution in [-0.2, 0) is 16.1 Å². The molecule has 20 heavy (non-hydrogen) atoms. The molecule has 3 N–H and O–H groups in total. The zero-order valence-corrected chi connectivity index (χ0v) is 10.8. The maximum atomic E-state index is 11.7. The Morgan fingerprint density at radius 1 is 1.35 bits per heavy atom. The van der Waals surface area contributed by atoms with Gasteiger partial charge in [0, 0.05) is 25.6 Å². The Bertz CT molecular complexity index is 500. The molecule has 0 spiro atoms. The summed E-state index contributed by atoms with van der Waals surface area (Å²) in [5.41, 5.74) is 0.634. The number of benzene rings is 1. The zero-order chi connectivity index (χ0) is 15.1. The van der Waals surface area contributed by atoms with Gasteiger partial charge >= 0.3 is 0 Å². The number of non-ortho nitro benzene ring substituents is 1. The van der Waals surface area contributed by atoms with Gasteiger partial charge in [0.1, 0.15) is 6.04 Å². The van der Waals surface area contributed by atoms with Crippen LogP contribution in [0.25, 0.3) is 0 Å². The molecule has 0 aliphatic heterocycles. The van der Waals surface area contributed by atoms with Crippen LogP contribution in [0.1, 0.15) is 12.5 Å². The monoisotopic (exact) mass is 281 g/mol. The van der Waals surface area contributed by atoms with Crippen molar-refractivity contribution in [2.45, 2.75) is 19.5 Å². The first-order valence-corrected chi connectivity index (χ1v) is 5.83. The van der Waals surface area contributed by atoms with Crippen LogP contribution in [0.2, 0.25) is 0 Å². The fraction of sp³-hybridized carbons (Fsp3) is 0.333. The Labute approximate surface area is 114 Å². The van der Waals surface area contributed by atoms with E-state index in [0.717, 1.165) is 0 Å². The van der Waals surface area contributed by atoms with Crippen molar-refractivity contribution in [3.63, 3.8) is 0 Å². The summed E-state index contributed by atoms with van der Waals surface area (Å²) in [7, 11) is 0. The number of carbonyl (C=O) groups excluding carboxylic acids is 2. The topological polar surface area (TPSA) is 122 Å². The molecular weight excluding hydrogens is 266 g/mol. The molecule has 0 aliphatic rings. The number of aliphatic hydroxyl groups is 1. The number of rotatable bonds is 6. The number of carbonyl (C=O) groups is 2. The van der Waals surface area contributed by atoms with Crippen LogP contribution in [0, 0.1) is 10.1 Å². The summed E-state index contributed by atoms with van der Waals surface area (Å²) in [6, 6.07) is 4.69. The first-order chi connectivity index (χ1) is 9.43. The predicted octanol–water partition coefficient (Wildman–Crippen LogP) is -0.292. The summed E-state index contributed by atoms with van der Waals surface area (Å²) in [6.45, 7) is 0.880. The van der Waals surface area contributed by atoms with E-state index < -0.39 is 29.4 Å². The average Bonchev–Trinajstić information content (AvgIpc) is 2.42. The Morgan fingerprint density at radius 2 is 1.95 bits per heavy atom. The normalized spacial score (nSPS) is 11.5. The van der Waals surface area contributed by atoms with E-state index in [1.165, 1.54) is 31.2 Å². The lowest BCUT2D eigenvalue weighted by Crippen LogP contribution is -2.48. The third kappa shape index (κ3) is 4.65. The SMILES string of the molecule is CC(=O)N[C@@H](CO)C(=O)NCc1ccc([N+](=O)[O-])cc1. The number of nitro groups is 1. The van der Waals surface area contributed by atoms with Crippen LogP contribution in [0.4, 0.5) is 5.69 Å². The maximum Gasteiger partial charge on any atom is 0.269 e. The number of nitro benzene ring substituents is 1. The number of amides is 2. The summed E-state index contributed by atoms with van der Waals surface area (Å²) >= 11 is 0. The third-order valence-corrected chi connectivity index (χ3v) is 2.49. The molecule has 0 heterocycles. The minimum Gasteiger partial charge on any atom is -0.394 e. The van der Waals surface area contributed by atoms with Gasteiger partial charge in [-0.05, 0) is 5.56 Å². The third-order valence-electron chi connectivity index (χ3n) is 2.49. The van der Waals surface area contributed by atoms with Crippen molar-refractivity contribution in [2.75, 3.05) is 6.61 Å². The van der Waals surface area contributed by atoms with Gasteiger partial charge in [0.25, 0.3) is 5.69 Å². The molecule has 1 aromatic carbocycles. The van der Waals surface area contributed by atoms with Crippen LogP contribution in [-0.4, -0.2) is 34.5 Å². The number of hydrogen-bond donors (Lipinski definition) is 3. The minimum absolute atomic E-state index is 0.0356. The number of hydrogen-bond acceptors (Lipinski definition) is 5. The average molecular weight is 281 g/mol. The van der Waals surface area contributed by atoms with Crippen molar-refractivity contribution in [3.8, 4) is 0 Å². The van der Waals surface area contributed by atoms with E-state index in [9.17, 15) is 19.7 Å². The fourth-order valence-electron chi connectivity index (χ4n) is 1.49. The first kappa shape index (κ1) is 15.6. The van der Waals surface area contributed by atoms with Gasteiger partial charge in [-0.2, -0.15) is 0 Å². The molecule has 0 aromatic heterocycles. The van der Waals surface area contributed by atoms with Gasteiger partial charge in [0.15, 0.2) is 0 Å². The largest absolute Gasteiger partial charge is 0.394 e. The van der Waals surface area contributed by atoms with Crippen molar-refractivity contribution >= 4 is 17.5 Å². The lowest BCUT2D eigenvalue weighted by molar-refractivity contribution is -0.384. The highest BCUT2D eigenvalue weighted by Crippen LogP contribution is 2.11. The van der Waals surface area contributed by atoms with E-state index in [1.54, 1.807) is 0 Å². The minimum atomic E-state index is -1.01. The molecule has 0 saturated heterocycles. The van der Waals surface area contributed by atoms with Crippen LogP contribution in [0.15, 0.2) is 24.3 Å². The lowest BCUT2D eigenvalue weighted by Gasteiger charge is -2.14. The number of nitrogens with one attached hydrogen (secondary N) is 2. The van der Waals surface area contributed by atoms with Crippen molar-refractivity contribution in [3.05, 3.63) is 39.9 Å². The molecule has 108 valence electrons. The summed E-state index contributed by atoms with van der Waals surface area (Å²) in [4.78, 5) is 32.5. The maximum absolute atomic E-state index is 11.7. The summed E-state index contributed by atoms with van der Waals surface area (Å²) in [5.74, 6) is -0.949. The molecular formula is C12H15N3O5. The predicted molar refractivity (Wildman–Crippen MR) is 69.6 cm³/mol. The van der Waals surface area contributed by atoms with E-state index in [2.05, 4.69) is 10.6 Å². The molecule has 1 atom stereocenters. The highest BCUT2D eigenvalue weighted by molar-refractivity contribution is 5.86. The Hall–Kier alpha value is -2.48. The van der Waals surface area contributed by atoms with E-state index in [-0.39, 0.29) is 12.2 Å². The lowest BCUT2D eigenvalue weighted by atomic mass is 10.2. The van der Waals surface area contributed by atoms with Gasteiger partial charge in [0.2, 0.25) is 11.8 Å². The standard InChI is InChI=1S/C12H15N3O5/c1-8(17)14-11(7-16)12(18)13-6-9-2-4-10(5-3-9)15(19)20/h2-5,11,16H,6-7H2,1H3,(H,13,18)(H,14,17)/t11-/m0/s1. The molecule has 0 bridgehead atoms. The quantitative estimate of drug-likeness (QED) is 0.488. The molecule has 1 rings (SSSR count). The van der Waals surface area contributed by atoms with Crippen molar-refractivity contribution < 1.29 is 19.6 Å². The molecule has 0 fully saturated rings. The molecule has 0 aliphatic carbocycles. The van der Waals surface area contributed by atoms with Gasteiger partial charge < -0.3 is 15.7 Å². The van der Waals surface area contributed by atoms with E-state index in [4.69, 9.17) is 5.11 Å². The smallest absolute Gasteiger partial charge is 0.269 e. The number of aliphatic hydroxyl groups excluding tert-OH is 1. The summed E-state index contributed by atoms with van der Waals surface area (Å²) in [5, 5.41) is 24.3.